The van der Waals surface area contributed by atoms with Crippen molar-refractivity contribution >= 4 is 11.6 Å². The van der Waals surface area contributed by atoms with Crippen molar-refractivity contribution in [2.75, 3.05) is 24.5 Å². The van der Waals surface area contributed by atoms with Gasteiger partial charge in [0.15, 0.2) is 5.96 Å². The van der Waals surface area contributed by atoms with Crippen molar-refractivity contribution in [2.45, 2.75) is 20.0 Å². The molecular weight excluding hydrogens is 300 g/mol. The summed E-state index contributed by atoms with van der Waals surface area (Å²) in [6, 6.07) is 12.4. The van der Waals surface area contributed by atoms with Crippen LogP contribution >= 0.6 is 0 Å². The Kier molecular flexibility index (Phi) is 5.56. The minimum Gasteiger partial charge on any atom is -0.467 e. The maximum Gasteiger partial charge on any atom is 0.191 e. The van der Waals surface area contributed by atoms with Gasteiger partial charge in [-0.3, -0.25) is 0 Å². The molecule has 1 aromatic heterocycles. The van der Waals surface area contributed by atoms with Gasteiger partial charge in [-0.1, -0.05) is 24.3 Å². The third-order valence-corrected chi connectivity index (χ3v) is 3.87. The van der Waals surface area contributed by atoms with E-state index in [0.717, 1.165) is 31.4 Å². The first-order valence-corrected chi connectivity index (χ1v) is 8.38. The molecule has 24 heavy (non-hydrogen) atoms. The summed E-state index contributed by atoms with van der Waals surface area (Å²) in [6.45, 7) is 6.12. The van der Waals surface area contributed by atoms with Crippen molar-refractivity contribution < 1.29 is 4.42 Å². The lowest BCUT2D eigenvalue weighted by molar-refractivity contribution is 0.501. The smallest absolute Gasteiger partial charge is 0.191 e. The highest BCUT2D eigenvalue weighted by Gasteiger charge is 2.08. The van der Waals surface area contributed by atoms with Crippen molar-refractivity contribution in [3.8, 4) is 0 Å². The van der Waals surface area contributed by atoms with Gasteiger partial charge in [-0.2, -0.15) is 0 Å². The predicted molar refractivity (Wildman–Crippen MR) is 98.2 cm³/mol. The molecule has 2 heterocycles. The first kappa shape index (κ1) is 16.2. The van der Waals surface area contributed by atoms with E-state index < -0.39 is 0 Å². The largest absolute Gasteiger partial charge is 0.467 e. The van der Waals surface area contributed by atoms with E-state index >= 15 is 0 Å². The average molecular weight is 324 g/mol. The predicted octanol–water partition coefficient (Wildman–Crippen LogP) is 2.91. The average Bonchev–Trinajstić information content (AvgIpc) is 3.31. The number of benzene rings is 1. The highest BCUT2D eigenvalue weighted by molar-refractivity contribution is 5.79. The molecule has 0 radical (unpaired) electrons. The molecular formula is C19H24N4O. The van der Waals surface area contributed by atoms with Crippen molar-refractivity contribution in [2.24, 2.45) is 4.99 Å². The van der Waals surface area contributed by atoms with Crippen LogP contribution in [0.4, 0.5) is 5.69 Å². The van der Waals surface area contributed by atoms with Crippen LogP contribution in [0, 0.1) is 0 Å². The standard InChI is InChI=1S/C19H24N4O/c1-2-20-19(22-15-18-9-6-12-24-18)21-14-16-7-5-8-17(13-16)23-10-3-4-11-23/h3-9,12-13H,2,10-11,14-15H2,1H3,(H2,20,21,22). The van der Waals surface area contributed by atoms with Gasteiger partial charge in [-0.15, -0.1) is 0 Å². The van der Waals surface area contributed by atoms with Crippen LogP contribution in [0.1, 0.15) is 18.2 Å². The summed E-state index contributed by atoms with van der Waals surface area (Å²) in [5.41, 5.74) is 2.45. The molecule has 0 saturated heterocycles. The second-order valence-electron chi connectivity index (χ2n) is 5.67. The molecule has 5 heteroatoms. The number of hydrogen-bond acceptors (Lipinski definition) is 3. The Balaban J connectivity index is 1.61. The van der Waals surface area contributed by atoms with Crippen molar-refractivity contribution in [1.29, 1.82) is 0 Å². The van der Waals surface area contributed by atoms with Gasteiger partial charge >= 0.3 is 0 Å². The van der Waals surface area contributed by atoms with Gasteiger partial charge in [0.2, 0.25) is 0 Å². The SMILES string of the molecule is CCNC(=NCc1cccc(N2CC=CC2)c1)NCc1ccco1. The quantitative estimate of drug-likeness (QED) is 0.487. The fourth-order valence-corrected chi connectivity index (χ4v) is 2.64. The molecule has 0 fully saturated rings. The zero-order chi connectivity index (χ0) is 16.6. The fraction of sp³-hybridized carbons (Fsp3) is 0.316. The van der Waals surface area contributed by atoms with Gasteiger partial charge in [-0.05, 0) is 36.8 Å². The van der Waals surface area contributed by atoms with E-state index in [4.69, 9.17) is 4.42 Å². The Morgan fingerprint density at radius 2 is 2.04 bits per heavy atom. The maximum atomic E-state index is 5.34. The normalized spacial score (nSPS) is 14.2. The monoisotopic (exact) mass is 324 g/mol. The second-order valence-corrected chi connectivity index (χ2v) is 5.67. The Bertz CT molecular complexity index is 683. The Labute approximate surface area is 143 Å². The Hall–Kier alpha value is -2.69. The molecule has 0 atom stereocenters. The lowest BCUT2D eigenvalue weighted by Gasteiger charge is -2.18. The zero-order valence-corrected chi connectivity index (χ0v) is 14.0. The first-order valence-electron chi connectivity index (χ1n) is 8.38. The molecule has 2 aromatic rings. The Morgan fingerprint density at radius 1 is 1.17 bits per heavy atom. The van der Waals surface area contributed by atoms with Gasteiger partial charge in [0.1, 0.15) is 5.76 Å². The summed E-state index contributed by atoms with van der Waals surface area (Å²) in [5, 5.41) is 6.55. The van der Waals surface area contributed by atoms with Crippen LogP contribution in [0.3, 0.4) is 0 Å². The zero-order valence-electron chi connectivity index (χ0n) is 14.0. The molecule has 0 unspecified atom stereocenters. The molecule has 0 saturated carbocycles. The van der Waals surface area contributed by atoms with Crippen LogP contribution < -0.4 is 15.5 Å². The third-order valence-electron chi connectivity index (χ3n) is 3.87. The van der Waals surface area contributed by atoms with Crippen molar-refractivity contribution in [1.82, 2.24) is 10.6 Å². The molecule has 1 aliphatic rings. The van der Waals surface area contributed by atoms with Gasteiger partial charge in [0.25, 0.3) is 0 Å². The van der Waals surface area contributed by atoms with Gasteiger partial charge in [-0.25, -0.2) is 4.99 Å². The molecule has 0 bridgehead atoms. The highest BCUT2D eigenvalue weighted by atomic mass is 16.3. The van der Waals surface area contributed by atoms with Crippen LogP contribution in [0.2, 0.25) is 0 Å². The molecule has 2 N–H and O–H groups in total. The summed E-state index contributed by atoms with van der Waals surface area (Å²) >= 11 is 0. The van der Waals surface area contributed by atoms with E-state index in [0.29, 0.717) is 13.1 Å². The minimum atomic E-state index is 0.623. The number of nitrogens with zero attached hydrogens (tertiary/aromatic N) is 2. The molecule has 5 nitrogen and oxygen atoms in total. The summed E-state index contributed by atoms with van der Waals surface area (Å²) in [7, 11) is 0. The van der Waals surface area contributed by atoms with Gasteiger partial charge in [0, 0.05) is 25.3 Å². The molecule has 0 aliphatic carbocycles. The topological polar surface area (TPSA) is 52.8 Å². The summed E-state index contributed by atoms with van der Waals surface area (Å²) in [6.07, 6.45) is 6.08. The van der Waals surface area contributed by atoms with E-state index in [1.54, 1.807) is 6.26 Å². The van der Waals surface area contributed by atoms with E-state index in [2.05, 4.69) is 63.9 Å². The van der Waals surface area contributed by atoms with E-state index in [1.807, 2.05) is 12.1 Å². The fourth-order valence-electron chi connectivity index (χ4n) is 2.64. The molecule has 3 rings (SSSR count). The lowest BCUT2D eigenvalue weighted by atomic mass is 10.2. The third kappa shape index (κ3) is 4.41. The molecule has 126 valence electrons. The van der Waals surface area contributed by atoms with Crippen LogP contribution in [-0.2, 0) is 13.1 Å². The van der Waals surface area contributed by atoms with E-state index in [9.17, 15) is 0 Å². The van der Waals surface area contributed by atoms with E-state index in [1.165, 1.54) is 11.3 Å². The molecule has 1 aromatic carbocycles. The lowest BCUT2D eigenvalue weighted by Crippen LogP contribution is -2.36. The van der Waals surface area contributed by atoms with Crippen LogP contribution in [0.15, 0.2) is 64.2 Å². The Morgan fingerprint density at radius 3 is 2.79 bits per heavy atom. The van der Waals surface area contributed by atoms with Crippen molar-refractivity contribution in [3.05, 3.63) is 66.1 Å². The van der Waals surface area contributed by atoms with Gasteiger partial charge in [0.05, 0.1) is 19.4 Å². The maximum absolute atomic E-state index is 5.34. The number of rotatable bonds is 6. The first-order chi connectivity index (χ1) is 11.8. The highest BCUT2D eigenvalue weighted by Crippen LogP contribution is 2.18. The minimum absolute atomic E-state index is 0.623. The number of hydrogen-bond donors (Lipinski definition) is 2. The summed E-state index contributed by atoms with van der Waals surface area (Å²) in [5.74, 6) is 1.69. The molecule has 1 aliphatic heterocycles. The number of aliphatic imine (C=N–C) groups is 1. The van der Waals surface area contributed by atoms with Crippen LogP contribution in [-0.4, -0.2) is 25.6 Å². The summed E-state index contributed by atoms with van der Waals surface area (Å²) in [4.78, 5) is 7.01. The number of guanidine groups is 1. The second kappa shape index (κ2) is 8.24. The number of nitrogens with one attached hydrogen (secondary N) is 2. The number of anilines is 1. The molecule has 0 spiro atoms. The van der Waals surface area contributed by atoms with Crippen LogP contribution in [0.25, 0.3) is 0 Å². The molecule has 0 amide bonds. The van der Waals surface area contributed by atoms with E-state index in [-0.39, 0.29) is 0 Å². The number of furan rings is 1. The van der Waals surface area contributed by atoms with Gasteiger partial charge < -0.3 is 20.0 Å². The van der Waals surface area contributed by atoms with Crippen LogP contribution in [0.5, 0.6) is 0 Å². The summed E-state index contributed by atoms with van der Waals surface area (Å²) < 4.78 is 5.34. The van der Waals surface area contributed by atoms with Crippen molar-refractivity contribution in [3.63, 3.8) is 0 Å².